The largest absolute Gasteiger partial charge is 0.389 e. The van der Waals surface area contributed by atoms with Gasteiger partial charge in [-0.15, -0.1) is 11.3 Å². The molecule has 114 valence electrons. The van der Waals surface area contributed by atoms with Gasteiger partial charge in [0.2, 0.25) is 0 Å². The van der Waals surface area contributed by atoms with Crippen LogP contribution in [0.4, 0.5) is 0 Å². The molecule has 0 bridgehead atoms. The van der Waals surface area contributed by atoms with Gasteiger partial charge in [-0.25, -0.2) is 0 Å². The summed E-state index contributed by atoms with van der Waals surface area (Å²) in [4.78, 5) is 1.18. The number of halogens is 1. The predicted octanol–water partition coefficient (Wildman–Crippen LogP) is 3.74. The molecule has 1 aromatic carbocycles. The van der Waals surface area contributed by atoms with Crippen LogP contribution in [0.5, 0.6) is 0 Å². The molecule has 0 saturated carbocycles. The molecule has 0 fully saturated rings. The zero-order valence-corrected chi connectivity index (χ0v) is 14.4. The normalized spacial score (nSPS) is 14.0. The lowest BCUT2D eigenvalue weighted by molar-refractivity contribution is 0.0288. The number of aliphatic hydroxyl groups excluding tert-OH is 1. The summed E-state index contributed by atoms with van der Waals surface area (Å²) in [6, 6.07) is 12.4. The average molecular weight is 370 g/mol. The van der Waals surface area contributed by atoms with Crippen molar-refractivity contribution in [2.45, 2.75) is 25.7 Å². The number of thiophene rings is 1. The molecule has 0 saturated heterocycles. The van der Waals surface area contributed by atoms with Gasteiger partial charge in [-0.1, -0.05) is 34.1 Å². The van der Waals surface area contributed by atoms with Crippen molar-refractivity contribution in [3.05, 3.63) is 56.7 Å². The van der Waals surface area contributed by atoms with E-state index in [4.69, 9.17) is 4.74 Å². The molecule has 2 N–H and O–H groups in total. The Labute approximate surface area is 138 Å². The highest BCUT2D eigenvalue weighted by Gasteiger charge is 2.09. The second-order valence-electron chi connectivity index (χ2n) is 4.93. The van der Waals surface area contributed by atoms with E-state index in [1.54, 1.807) is 11.3 Å². The van der Waals surface area contributed by atoms with Crippen molar-refractivity contribution in [3.63, 3.8) is 0 Å². The molecule has 2 rings (SSSR count). The Morgan fingerprint density at radius 3 is 2.90 bits per heavy atom. The first-order valence-electron chi connectivity index (χ1n) is 6.92. The van der Waals surface area contributed by atoms with Gasteiger partial charge >= 0.3 is 0 Å². The smallest absolute Gasteiger partial charge is 0.0898 e. The van der Waals surface area contributed by atoms with Crippen LogP contribution >= 0.6 is 27.3 Å². The quantitative estimate of drug-likeness (QED) is 0.744. The van der Waals surface area contributed by atoms with E-state index in [2.05, 4.69) is 40.3 Å². The molecule has 0 spiro atoms. The van der Waals surface area contributed by atoms with Gasteiger partial charge in [-0.05, 0) is 36.1 Å². The fraction of sp³-hybridized carbons (Fsp3) is 0.375. The van der Waals surface area contributed by atoms with Gasteiger partial charge < -0.3 is 15.2 Å². The Morgan fingerprint density at radius 1 is 1.33 bits per heavy atom. The Kier molecular flexibility index (Phi) is 6.86. The van der Waals surface area contributed by atoms with E-state index >= 15 is 0 Å². The molecule has 2 aromatic rings. The summed E-state index contributed by atoms with van der Waals surface area (Å²) >= 11 is 5.13. The van der Waals surface area contributed by atoms with E-state index in [9.17, 15) is 5.11 Å². The van der Waals surface area contributed by atoms with Crippen LogP contribution in [0.15, 0.2) is 46.3 Å². The van der Waals surface area contributed by atoms with Crippen LogP contribution in [-0.4, -0.2) is 24.4 Å². The number of hydrogen-bond acceptors (Lipinski definition) is 4. The first-order valence-corrected chi connectivity index (χ1v) is 8.59. The van der Waals surface area contributed by atoms with Gasteiger partial charge in [0.05, 0.1) is 19.3 Å². The fourth-order valence-corrected chi connectivity index (χ4v) is 3.01. The number of rotatable bonds is 8. The molecule has 0 aliphatic rings. The van der Waals surface area contributed by atoms with Gasteiger partial charge in [0, 0.05) is 21.9 Å². The number of nitrogens with one attached hydrogen (secondary N) is 1. The minimum absolute atomic E-state index is 0.189. The number of hydrogen-bond donors (Lipinski definition) is 2. The maximum absolute atomic E-state index is 9.93. The summed E-state index contributed by atoms with van der Waals surface area (Å²) in [5, 5.41) is 15.3. The Morgan fingerprint density at radius 2 is 2.19 bits per heavy atom. The molecule has 1 aromatic heterocycles. The first-order chi connectivity index (χ1) is 10.1. The molecular weight excluding hydrogens is 350 g/mol. The van der Waals surface area contributed by atoms with Gasteiger partial charge in [-0.3, -0.25) is 0 Å². The monoisotopic (exact) mass is 369 g/mol. The van der Waals surface area contributed by atoms with Crippen LogP contribution in [0.1, 0.15) is 23.4 Å². The highest BCUT2D eigenvalue weighted by atomic mass is 79.9. The minimum atomic E-state index is -0.500. The maximum Gasteiger partial charge on any atom is 0.0898 e. The molecule has 0 radical (unpaired) electrons. The van der Waals surface area contributed by atoms with Crippen molar-refractivity contribution in [2.24, 2.45) is 0 Å². The molecule has 2 atom stereocenters. The molecule has 1 unspecified atom stereocenters. The molecule has 21 heavy (non-hydrogen) atoms. The van der Waals surface area contributed by atoms with Crippen LogP contribution in [-0.2, 0) is 11.3 Å². The van der Waals surface area contributed by atoms with Gasteiger partial charge in [0.15, 0.2) is 0 Å². The SMILES string of the molecule is C[C@@H](NCC(O)COCc1cccs1)c1cccc(Br)c1. The van der Waals surface area contributed by atoms with E-state index in [0.717, 1.165) is 4.47 Å². The van der Waals surface area contributed by atoms with Crippen LogP contribution in [0.25, 0.3) is 0 Å². The van der Waals surface area contributed by atoms with Gasteiger partial charge in [-0.2, -0.15) is 0 Å². The second kappa shape index (κ2) is 8.66. The van der Waals surface area contributed by atoms with Crippen molar-refractivity contribution >= 4 is 27.3 Å². The number of aliphatic hydroxyl groups is 1. The van der Waals surface area contributed by atoms with E-state index in [0.29, 0.717) is 19.8 Å². The Bertz CT molecular complexity index is 533. The van der Waals surface area contributed by atoms with Crippen LogP contribution in [0.2, 0.25) is 0 Å². The van der Waals surface area contributed by atoms with E-state index in [-0.39, 0.29) is 6.04 Å². The average Bonchev–Trinajstić information content (AvgIpc) is 2.98. The number of ether oxygens (including phenoxy) is 1. The standard InChI is InChI=1S/C16H20BrNO2S/c1-12(13-4-2-5-14(17)8-13)18-9-15(19)10-20-11-16-6-3-7-21-16/h2-8,12,15,18-19H,9-11H2,1H3/t12-,15?/m1/s1. The van der Waals surface area contributed by atoms with Crippen molar-refractivity contribution in [1.82, 2.24) is 5.32 Å². The van der Waals surface area contributed by atoms with Crippen molar-refractivity contribution < 1.29 is 9.84 Å². The molecule has 0 amide bonds. The molecule has 1 heterocycles. The predicted molar refractivity (Wildman–Crippen MR) is 90.5 cm³/mol. The lowest BCUT2D eigenvalue weighted by Gasteiger charge is -2.17. The van der Waals surface area contributed by atoms with Crippen molar-refractivity contribution in [3.8, 4) is 0 Å². The van der Waals surface area contributed by atoms with E-state index in [1.165, 1.54) is 10.4 Å². The highest BCUT2D eigenvalue weighted by molar-refractivity contribution is 9.10. The van der Waals surface area contributed by atoms with E-state index < -0.39 is 6.10 Å². The summed E-state index contributed by atoms with van der Waals surface area (Å²) in [7, 11) is 0. The molecular formula is C16H20BrNO2S. The van der Waals surface area contributed by atoms with Gasteiger partial charge in [0.1, 0.15) is 0 Å². The lowest BCUT2D eigenvalue weighted by atomic mass is 10.1. The maximum atomic E-state index is 9.93. The van der Waals surface area contributed by atoms with Crippen LogP contribution in [0.3, 0.4) is 0 Å². The molecule has 3 nitrogen and oxygen atoms in total. The van der Waals surface area contributed by atoms with Crippen molar-refractivity contribution in [1.29, 1.82) is 0 Å². The molecule has 0 aliphatic heterocycles. The summed E-state index contributed by atoms with van der Waals surface area (Å²) in [5.74, 6) is 0. The third-order valence-electron chi connectivity index (χ3n) is 3.14. The lowest BCUT2D eigenvalue weighted by Crippen LogP contribution is -2.32. The summed E-state index contributed by atoms with van der Waals surface area (Å²) in [6.45, 7) is 3.51. The highest BCUT2D eigenvalue weighted by Crippen LogP contribution is 2.17. The van der Waals surface area contributed by atoms with E-state index in [1.807, 2.05) is 29.6 Å². The molecule has 0 aliphatic carbocycles. The number of benzene rings is 1. The molecule has 5 heteroatoms. The topological polar surface area (TPSA) is 41.5 Å². The third-order valence-corrected chi connectivity index (χ3v) is 4.49. The van der Waals surface area contributed by atoms with Crippen LogP contribution < -0.4 is 5.32 Å². The Balaban J connectivity index is 1.67. The zero-order valence-electron chi connectivity index (χ0n) is 12.0. The third kappa shape index (κ3) is 5.88. The van der Waals surface area contributed by atoms with Crippen LogP contribution in [0, 0.1) is 0 Å². The second-order valence-corrected chi connectivity index (χ2v) is 6.88. The summed E-state index contributed by atoms with van der Waals surface area (Å²) < 4.78 is 6.57. The summed E-state index contributed by atoms with van der Waals surface area (Å²) in [5.41, 5.74) is 1.19. The van der Waals surface area contributed by atoms with Crippen molar-refractivity contribution in [2.75, 3.05) is 13.2 Å². The zero-order chi connectivity index (χ0) is 15.1. The first kappa shape index (κ1) is 16.6. The Hall–Kier alpha value is -0.720. The van der Waals surface area contributed by atoms with Gasteiger partial charge in [0.25, 0.3) is 0 Å². The summed E-state index contributed by atoms with van der Waals surface area (Å²) in [6.07, 6.45) is -0.500. The fourth-order valence-electron chi connectivity index (χ4n) is 1.96. The minimum Gasteiger partial charge on any atom is -0.389 e.